The molecule has 198 valence electrons. The minimum absolute atomic E-state index is 0.118. The predicted molar refractivity (Wildman–Crippen MR) is 145 cm³/mol. The molecule has 1 N–H and O–H groups in total. The van der Waals surface area contributed by atoms with Crippen molar-refractivity contribution in [2.75, 3.05) is 13.7 Å². The fraction of sp³-hybridized carbons (Fsp3) is 0.269. The Morgan fingerprint density at radius 1 is 1.32 bits per heavy atom. The van der Waals surface area contributed by atoms with Gasteiger partial charge >= 0.3 is 11.7 Å². The summed E-state index contributed by atoms with van der Waals surface area (Å²) in [6.07, 6.45) is 2.69. The summed E-state index contributed by atoms with van der Waals surface area (Å²) in [5.41, 5.74) is 0.781. The van der Waals surface area contributed by atoms with Crippen LogP contribution in [0.15, 0.2) is 61.9 Å². The Labute approximate surface area is 229 Å². The summed E-state index contributed by atoms with van der Waals surface area (Å²) in [5, 5.41) is 21.4. The molecule has 0 amide bonds. The number of fused-ring (bicyclic) bond motifs is 1. The first-order valence-electron chi connectivity index (χ1n) is 11.7. The van der Waals surface area contributed by atoms with Crippen LogP contribution in [0.5, 0.6) is 11.5 Å². The maximum Gasteiger partial charge on any atom is 0.338 e. The van der Waals surface area contributed by atoms with E-state index < -0.39 is 33.9 Å². The molecule has 1 aromatic heterocycles. The Morgan fingerprint density at radius 2 is 2.05 bits per heavy atom. The molecule has 0 aliphatic carbocycles. The highest BCUT2D eigenvalue weighted by molar-refractivity contribution is 9.10. The number of carbonyl (C=O) groups is 1. The molecule has 10 nitrogen and oxygen atoms in total. The molecule has 3 aromatic rings. The number of nitro groups is 1. The van der Waals surface area contributed by atoms with Crippen LogP contribution < -0.4 is 19.6 Å². The molecule has 12 heteroatoms. The number of hydrogen-bond acceptors (Lipinski definition) is 9. The van der Waals surface area contributed by atoms with Gasteiger partial charge in [0.15, 0.2) is 4.80 Å². The smallest absolute Gasteiger partial charge is 0.338 e. The first-order chi connectivity index (χ1) is 18.2. The van der Waals surface area contributed by atoms with Crippen LogP contribution >= 0.6 is 27.3 Å². The lowest BCUT2D eigenvalue weighted by molar-refractivity contribution is -0.386. The molecule has 0 fully saturated rings. The summed E-state index contributed by atoms with van der Waals surface area (Å²) in [4.78, 5) is 42.8. The molecular formula is C26H24BrN3O7S. The zero-order valence-electron chi connectivity index (χ0n) is 20.8. The Balaban J connectivity index is 2.03. The number of nitro benzene ring substituents is 1. The highest BCUT2D eigenvalue weighted by atomic mass is 79.9. The summed E-state index contributed by atoms with van der Waals surface area (Å²) in [5.74, 6) is -0.583. The van der Waals surface area contributed by atoms with Crippen molar-refractivity contribution in [1.29, 1.82) is 0 Å². The molecule has 0 saturated heterocycles. The van der Waals surface area contributed by atoms with Crippen LogP contribution in [0.2, 0.25) is 0 Å². The van der Waals surface area contributed by atoms with E-state index in [0.29, 0.717) is 40.2 Å². The molecule has 0 saturated carbocycles. The van der Waals surface area contributed by atoms with Gasteiger partial charge < -0.3 is 14.6 Å². The van der Waals surface area contributed by atoms with E-state index in [9.17, 15) is 24.8 Å². The van der Waals surface area contributed by atoms with Crippen LogP contribution in [-0.4, -0.2) is 34.3 Å². The van der Waals surface area contributed by atoms with E-state index in [1.165, 1.54) is 29.9 Å². The number of benzene rings is 2. The summed E-state index contributed by atoms with van der Waals surface area (Å²) in [6.45, 7) is 3.83. The molecule has 0 bridgehead atoms. The van der Waals surface area contributed by atoms with Gasteiger partial charge in [-0.15, -0.1) is 0 Å². The minimum atomic E-state index is -0.856. The van der Waals surface area contributed by atoms with E-state index in [4.69, 9.17) is 14.5 Å². The van der Waals surface area contributed by atoms with Crippen molar-refractivity contribution in [2.45, 2.75) is 32.7 Å². The summed E-state index contributed by atoms with van der Waals surface area (Å²) < 4.78 is 12.8. The van der Waals surface area contributed by atoms with Gasteiger partial charge in [-0.05, 0) is 53.0 Å². The zero-order valence-corrected chi connectivity index (χ0v) is 23.2. The number of allylic oxidation sites excluding steroid dienone is 1. The van der Waals surface area contributed by atoms with E-state index in [2.05, 4.69) is 15.9 Å². The van der Waals surface area contributed by atoms with Gasteiger partial charge in [0.1, 0.15) is 11.8 Å². The van der Waals surface area contributed by atoms with E-state index in [1.54, 1.807) is 31.2 Å². The molecule has 1 aliphatic rings. The van der Waals surface area contributed by atoms with Crippen LogP contribution in [0.25, 0.3) is 6.08 Å². The maximum atomic E-state index is 13.8. The molecule has 0 unspecified atom stereocenters. The fourth-order valence-electron chi connectivity index (χ4n) is 4.29. The van der Waals surface area contributed by atoms with Gasteiger partial charge in [-0.2, -0.15) is 0 Å². The standard InChI is InChI=1S/C26H24BrN3O7S/c1-4-8-17-21(25(33)37-5-2)22(15-9-6-7-10-19(15)36-3)29-24(32)20(38-26(29)28-17)13-14-11-16(27)23(31)18(12-14)30(34)35/h6-7,9-13,22,31H,4-5,8H2,1-3H3/b20-13-/t22-/m1/s1. The highest BCUT2D eigenvalue weighted by Crippen LogP contribution is 2.37. The number of hydrogen-bond donors (Lipinski definition) is 1. The number of aromatic hydroxyl groups is 1. The summed E-state index contributed by atoms with van der Waals surface area (Å²) in [6, 6.07) is 8.93. The van der Waals surface area contributed by atoms with Crippen LogP contribution in [0.4, 0.5) is 5.69 Å². The lowest BCUT2D eigenvalue weighted by Gasteiger charge is -2.26. The zero-order chi connectivity index (χ0) is 27.6. The van der Waals surface area contributed by atoms with E-state index >= 15 is 0 Å². The number of aromatic nitrogens is 1. The topological polar surface area (TPSA) is 133 Å². The number of ether oxygens (including phenoxy) is 2. The van der Waals surface area contributed by atoms with Crippen molar-refractivity contribution < 1.29 is 24.3 Å². The first-order valence-corrected chi connectivity index (χ1v) is 13.3. The monoisotopic (exact) mass is 601 g/mol. The van der Waals surface area contributed by atoms with Crippen molar-refractivity contribution >= 4 is 45.0 Å². The Kier molecular flexibility index (Phi) is 8.12. The third-order valence-corrected chi connectivity index (χ3v) is 7.47. The second kappa shape index (κ2) is 11.3. The van der Waals surface area contributed by atoms with Crippen molar-refractivity contribution in [3.05, 3.63) is 93.1 Å². The third kappa shape index (κ3) is 5.01. The quantitative estimate of drug-likeness (QED) is 0.234. The van der Waals surface area contributed by atoms with Crippen LogP contribution in [0, 0.1) is 10.1 Å². The fourth-order valence-corrected chi connectivity index (χ4v) is 5.77. The molecule has 2 aromatic carbocycles. The maximum absolute atomic E-state index is 13.8. The lowest BCUT2D eigenvalue weighted by atomic mass is 9.93. The third-order valence-electron chi connectivity index (χ3n) is 5.89. The lowest BCUT2D eigenvalue weighted by Crippen LogP contribution is -2.40. The largest absolute Gasteiger partial charge is 0.501 e. The Hall–Kier alpha value is -3.77. The normalized spacial score (nSPS) is 15.2. The second-order valence-corrected chi connectivity index (χ2v) is 10.1. The minimum Gasteiger partial charge on any atom is -0.501 e. The van der Waals surface area contributed by atoms with E-state index in [-0.39, 0.29) is 21.2 Å². The Bertz CT molecular complexity index is 1640. The molecule has 1 atom stereocenters. The number of halogens is 1. The average Bonchev–Trinajstić information content (AvgIpc) is 3.19. The van der Waals surface area contributed by atoms with Crippen LogP contribution in [0.1, 0.15) is 43.9 Å². The highest BCUT2D eigenvalue weighted by Gasteiger charge is 2.35. The number of phenols is 1. The van der Waals surface area contributed by atoms with Crippen LogP contribution in [-0.2, 0) is 9.53 Å². The van der Waals surface area contributed by atoms with Gasteiger partial charge in [-0.25, -0.2) is 9.79 Å². The molecule has 2 heterocycles. The number of phenolic OH excluding ortho intramolecular Hbond substituents is 1. The number of methoxy groups -OCH3 is 1. The Morgan fingerprint density at radius 3 is 2.71 bits per heavy atom. The number of nitrogens with zero attached hydrogens (tertiary/aromatic N) is 3. The molecular weight excluding hydrogens is 578 g/mol. The summed E-state index contributed by atoms with van der Waals surface area (Å²) in [7, 11) is 1.51. The predicted octanol–water partition coefficient (Wildman–Crippen LogP) is 3.96. The number of rotatable bonds is 8. The molecule has 0 radical (unpaired) electrons. The van der Waals surface area contributed by atoms with Crippen molar-refractivity contribution in [2.24, 2.45) is 4.99 Å². The van der Waals surface area contributed by atoms with E-state index in [0.717, 1.165) is 11.3 Å². The van der Waals surface area contributed by atoms with Crippen molar-refractivity contribution in [1.82, 2.24) is 4.57 Å². The average molecular weight is 602 g/mol. The first kappa shape index (κ1) is 27.3. The van der Waals surface area contributed by atoms with E-state index in [1.807, 2.05) is 6.92 Å². The summed E-state index contributed by atoms with van der Waals surface area (Å²) >= 11 is 4.23. The molecule has 38 heavy (non-hydrogen) atoms. The molecule has 1 aliphatic heterocycles. The molecule has 0 spiro atoms. The molecule has 4 rings (SSSR count). The number of para-hydroxylation sites is 1. The van der Waals surface area contributed by atoms with Crippen molar-refractivity contribution in [3.63, 3.8) is 0 Å². The SMILES string of the molecule is CCCC1=C(C(=O)OCC)[C@@H](c2ccccc2OC)n2c(s/c(=C\c3cc(Br)c(O)c([N+](=O)[O-])c3)c2=O)=N1. The van der Waals surface area contributed by atoms with Gasteiger partial charge in [0.05, 0.1) is 38.9 Å². The van der Waals surface area contributed by atoms with Gasteiger partial charge in [0, 0.05) is 11.6 Å². The number of thiazole rings is 1. The number of esters is 1. The van der Waals surface area contributed by atoms with Gasteiger partial charge in [-0.3, -0.25) is 19.5 Å². The van der Waals surface area contributed by atoms with Gasteiger partial charge in [-0.1, -0.05) is 42.9 Å². The van der Waals surface area contributed by atoms with Crippen LogP contribution in [0.3, 0.4) is 0 Å². The van der Waals surface area contributed by atoms with Crippen molar-refractivity contribution in [3.8, 4) is 11.5 Å². The second-order valence-electron chi connectivity index (χ2n) is 8.28. The van der Waals surface area contributed by atoms with Gasteiger partial charge in [0.2, 0.25) is 5.75 Å². The van der Waals surface area contributed by atoms with Gasteiger partial charge in [0.25, 0.3) is 5.56 Å². The number of carbonyl (C=O) groups excluding carboxylic acids is 1.